The SMILES string of the molecule is CNCCC(=O)N1CCCCC1c1nc(C)cs1. The first kappa shape index (κ1) is 13.5. The van der Waals surface area contributed by atoms with Crippen molar-refractivity contribution < 1.29 is 4.79 Å². The van der Waals surface area contributed by atoms with Gasteiger partial charge in [0.05, 0.1) is 6.04 Å². The number of aryl methyl sites for hydroxylation is 1. The number of nitrogens with zero attached hydrogens (tertiary/aromatic N) is 2. The van der Waals surface area contributed by atoms with Crippen molar-refractivity contribution in [1.29, 1.82) is 0 Å². The van der Waals surface area contributed by atoms with E-state index in [1.165, 1.54) is 6.42 Å². The predicted molar refractivity (Wildman–Crippen MR) is 73.7 cm³/mol. The van der Waals surface area contributed by atoms with Crippen LogP contribution in [-0.4, -0.2) is 35.9 Å². The van der Waals surface area contributed by atoms with E-state index in [2.05, 4.69) is 15.7 Å². The van der Waals surface area contributed by atoms with Gasteiger partial charge < -0.3 is 10.2 Å². The molecule has 0 bridgehead atoms. The largest absolute Gasteiger partial charge is 0.333 e. The highest BCUT2D eigenvalue weighted by Crippen LogP contribution is 2.32. The molecule has 1 N–H and O–H groups in total. The van der Waals surface area contributed by atoms with E-state index in [1.54, 1.807) is 11.3 Å². The molecule has 0 aliphatic carbocycles. The normalized spacial score (nSPS) is 20.1. The Morgan fingerprint density at radius 2 is 2.44 bits per heavy atom. The number of likely N-dealkylation sites (tertiary alicyclic amines) is 1. The average Bonchev–Trinajstić information content (AvgIpc) is 2.82. The summed E-state index contributed by atoms with van der Waals surface area (Å²) in [6, 6.07) is 0.210. The molecule has 100 valence electrons. The van der Waals surface area contributed by atoms with E-state index in [4.69, 9.17) is 0 Å². The van der Waals surface area contributed by atoms with Gasteiger partial charge in [0.2, 0.25) is 5.91 Å². The molecule has 1 fully saturated rings. The number of hydrogen-bond acceptors (Lipinski definition) is 4. The molecule has 0 spiro atoms. The van der Waals surface area contributed by atoms with Crippen LogP contribution in [0, 0.1) is 6.92 Å². The lowest BCUT2D eigenvalue weighted by Crippen LogP contribution is -2.39. The lowest BCUT2D eigenvalue weighted by atomic mass is 10.0. The summed E-state index contributed by atoms with van der Waals surface area (Å²) >= 11 is 1.68. The lowest BCUT2D eigenvalue weighted by Gasteiger charge is -2.34. The summed E-state index contributed by atoms with van der Waals surface area (Å²) in [5, 5.41) is 6.21. The minimum atomic E-state index is 0.210. The van der Waals surface area contributed by atoms with Crippen LogP contribution in [0.2, 0.25) is 0 Å². The summed E-state index contributed by atoms with van der Waals surface area (Å²) < 4.78 is 0. The number of hydrogen-bond donors (Lipinski definition) is 1. The minimum Gasteiger partial charge on any atom is -0.333 e. The molecule has 2 rings (SSSR count). The van der Waals surface area contributed by atoms with Crippen LogP contribution in [-0.2, 0) is 4.79 Å². The third-order valence-corrected chi connectivity index (χ3v) is 4.40. The summed E-state index contributed by atoms with van der Waals surface area (Å²) in [7, 11) is 1.88. The van der Waals surface area contributed by atoms with Gasteiger partial charge in [-0.2, -0.15) is 0 Å². The number of carbonyl (C=O) groups is 1. The van der Waals surface area contributed by atoms with Crippen LogP contribution in [0.1, 0.15) is 42.4 Å². The van der Waals surface area contributed by atoms with E-state index in [-0.39, 0.29) is 11.9 Å². The third kappa shape index (κ3) is 3.09. The zero-order valence-electron chi connectivity index (χ0n) is 11.1. The zero-order valence-corrected chi connectivity index (χ0v) is 11.9. The predicted octanol–water partition coefficient (Wildman–Crippen LogP) is 2.11. The summed E-state index contributed by atoms with van der Waals surface area (Å²) in [4.78, 5) is 18.8. The van der Waals surface area contributed by atoms with Gasteiger partial charge in [-0.1, -0.05) is 0 Å². The Hall–Kier alpha value is -0.940. The Bertz CT molecular complexity index is 405. The first-order valence-electron chi connectivity index (χ1n) is 6.58. The van der Waals surface area contributed by atoms with Crippen molar-refractivity contribution in [3.8, 4) is 0 Å². The molecule has 1 aliphatic heterocycles. The summed E-state index contributed by atoms with van der Waals surface area (Å²) in [5.74, 6) is 0.252. The number of nitrogens with one attached hydrogen (secondary N) is 1. The van der Waals surface area contributed by atoms with Crippen LogP contribution in [0.4, 0.5) is 0 Å². The van der Waals surface area contributed by atoms with Crippen molar-refractivity contribution in [2.75, 3.05) is 20.1 Å². The number of piperidine rings is 1. The summed E-state index contributed by atoms with van der Waals surface area (Å²) in [5.41, 5.74) is 1.06. The van der Waals surface area contributed by atoms with Gasteiger partial charge >= 0.3 is 0 Å². The van der Waals surface area contributed by atoms with Crippen molar-refractivity contribution in [2.24, 2.45) is 0 Å². The van der Waals surface area contributed by atoms with Crippen molar-refractivity contribution >= 4 is 17.2 Å². The van der Waals surface area contributed by atoms with Gasteiger partial charge in [-0.15, -0.1) is 11.3 Å². The standard InChI is InChI=1S/C13H21N3OS/c1-10-9-18-13(15-10)11-5-3-4-8-16(11)12(17)6-7-14-2/h9,11,14H,3-8H2,1-2H3. The van der Waals surface area contributed by atoms with Crippen LogP contribution in [0.15, 0.2) is 5.38 Å². The summed E-state index contributed by atoms with van der Waals surface area (Å²) in [6.07, 6.45) is 3.95. The molecule has 18 heavy (non-hydrogen) atoms. The number of amides is 1. The average molecular weight is 267 g/mol. The molecule has 1 aliphatic rings. The van der Waals surface area contributed by atoms with Gasteiger partial charge in [0, 0.05) is 30.6 Å². The number of thiazole rings is 1. The maximum Gasteiger partial charge on any atom is 0.224 e. The van der Waals surface area contributed by atoms with Gasteiger partial charge in [-0.25, -0.2) is 4.98 Å². The van der Waals surface area contributed by atoms with Gasteiger partial charge in [-0.3, -0.25) is 4.79 Å². The molecule has 5 heteroatoms. The van der Waals surface area contributed by atoms with Gasteiger partial charge in [0.1, 0.15) is 5.01 Å². The van der Waals surface area contributed by atoms with Crippen molar-refractivity contribution in [3.05, 3.63) is 16.1 Å². The van der Waals surface area contributed by atoms with Gasteiger partial charge in [-0.05, 0) is 33.2 Å². The molecule has 1 atom stereocenters. The molecule has 1 unspecified atom stereocenters. The molecule has 1 saturated heterocycles. The highest BCUT2D eigenvalue weighted by Gasteiger charge is 2.29. The van der Waals surface area contributed by atoms with E-state index in [1.807, 2.05) is 18.9 Å². The quantitative estimate of drug-likeness (QED) is 0.909. The maximum absolute atomic E-state index is 12.2. The van der Waals surface area contributed by atoms with Crippen molar-refractivity contribution in [2.45, 2.75) is 38.6 Å². The fourth-order valence-corrected chi connectivity index (χ4v) is 3.33. The number of rotatable bonds is 4. The second-order valence-electron chi connectivity index (χ2n) is 4.78. The molecule has 4 nitrogen and oxygen atoms in total. The van der Waals surface area contributed by atoms with E-state index >= 15 is 0 Å². The Labute approximate surface area is 112 Å². The summed E-state index contributed by atoms with van der Waals surface area (Å²) in [6.45, 7) is 3.64. The van der Waals surface area contributed by atoms with Gasteiger partial charge in [0.15, 0.2) is 0 Å². The maximum atomic E-state index is 12.2. The molecule has 1 aromatic rings. The first-order chi connectivity index (χ1) is 8.72. The Morgan fingerprint density at radius 1 is 1.61 bits per heavy atom. The van der Waals surface area contributed by atoms with E-state index in [0.717, 1.165) is 36.6 Å². The molecular formula is C13H21N3OS. The van der Waals surface area contributed by atoms with Gasteiger partial charge in [0.25, 0.3) is 0 Å². The molecular weight excluding hydrogens is 246 g/mol. The van der Waals surface area contributed by atoms with Crippen molar-refractivity contribution in [3.63, 3.8) is 0 Å². The zero-order chi connectivity index (χ0) is 13.0. The fourth-order valence-electron chi connectivity index (χ4n) is 2.39. The second kappa shape index (κ2) is 6.29. The topological polar surface area (TPSA) is 45.2 Å². The van der Waals surface area contributed by atoms with Crippen molar-refractivity contribution in [1.82, 2.24) is 15.2 Å². The Morgan fingerprint density at radius 3 is 3.11 bits per heavy atom. The third-order valence-electron chi connectivity index (χ3n) is 3.33. The molecule has 2 heterocycles. The van der Waals surface area contributed by atoms with E-state index < -0.39 is 0 Å². The molecule has 0 radical (unpaired) electrons. The lowest BCUT2D eigenvalue weighted by molar-refractivity contribution is -0.134. The highest BCUT2D eigenvalue weighted by atomic mass is 32.1. The van der Waals surface area contributed by atoms with Crippen LogP contribution >= 0.6 is 11.3 Å². The Balaban J connectivity index is 2.08. The second-order valence-corrected chi connectivity index (χ2v) is 5.67. The molecule has 0 aromatic carbocycles. The van der Waals surface area contributed by atoms with Crippen LogP contribution in [0.5, 0.6) is 0 Å². The molecule has 1 aromatic heterocycles. The van der Waals surface area contributed by atoms with E-state index in [9.17, 15) is 4.79 Å². The van der Waals surface area contributed by atoms with E-state index in [0.29, 0.717) is 6.42 Å². The molecule has 1 amide bonds. The van der Waals surface area contributed by atoms with Crippen LogP contribution < -0.4 is 5.32 Å². The number of aromatic nitrogens is 1. The van der Waals surface area contributed by atoms with Crippen LogP contribution in [0.25, 0.3) is 0 Å². The smallest absolute Gasteiger partial charge is 0.224 e. The monoisotopic (exact) mass is 267 g/mol. The Kier molecular flexibility index (Phi) is 4.72. The fraction of sp³-hybridized carbons (Fsp3) is 0.692. The highest BCUT2D eigenvalue weighted by molar-refractivity contribution is 7.09. The molecule has 0 saturated carbocycles. The number of carbonyl (C=O) groups excluding carboxylic acids is 1. The first-order valence-corrected chi connectivity index (χ1v) is 7.46. The van der Waals surface area contributed by atoms with Crippen LogP contribution in [0.3, 0.4) is 0 Å². The minimum absolute atomic E-state index is 0.210.